The fraction of sp³-hybridized carbons (Fsp3) is 0.373. The van der Waals surface area contributed by atoms with Gasteiger partial charge in [-0.15, -0.1) is 6.58 Å². The van der Waals surface area contributed by atoms with Crippen LogP contribution in [0.15, 0.2) is 195 Å². The summed E-state index contributed by atoms with van der Waals surface area (Å²) in [5.41, 5.74) is 0.837. The van der Waals surface area contributed by atoms with Crippen molar-refractivity contribution in [3.63, 3.8) is 0 Å². The maximum atomic E-state index is 14.9. The summed E-state index contributed by atoms with van der Waals surface area (Å²) in [6.45, 7) is 7.43. The van der Waals surface area contributed by atoms with Crippen molar-refractivity contribution >= 4 is 53.7 Å². The first kappa shape index (κ1) is 74.6. The summed E-state index contributed by atoms with van der Waals surface area (Å²) in [4.78, 5) is 124. The number of hydrogen-bond donors (Lipinski definition) is 0. The monoisotopic (exact) mass is 1410 g/mol. The number of esters is 9. The molecule has 0 N–H and O–H groups in total. The first-order valence-electron chi connectivity index (χ1n) is 32.7. The quantitative estimate of drug-likeness (QED) is 0.0272. The van der Waals surface area contributed by atoms with Gasteiger partial charge < -0.3 is 85.3 Å². The van der Waals surface area contributed by atoms with E-state index in [2.05, 4.69) is 6.58 Å². The molecule has 0 amide bonds. The van der Waals surface area contributed by atoms with E-state index >= 15 is 0 Å². The average molecular weight is 1410 g/mol. The normalized spacial score (nSPS) is 27.5. The molecule has 0 radical (unpaired) electrons. The van der Waals surface area contributed by atoms with Gasteiger partial charge in [-0.3, -0.25) is 19.2 Å². The molecule has 0 unspecified atom stereocenters. The Labute approximate surface area is 586 Å². The molecule has 27 heteroatoms. The highest BCUT2D eigenvalue weighted by molar-refractivity contribution is 5.92. The van der Waals surface area contributed by atoms with Crippen molar-refractivity contribution < 1.29 is 128 Å². The van der Waals surface area contributed by atoms with Crippen LogP contribution in [0.1, 0.15) is 92.0 Å². The summed E-state index contributed by atoms with van der Waals surface area (Å²) in [7, 11) is 0. The highest BCUT2D eigenvalue weighted by atomic mass is 16.8. The molecule has 4 saturated heterocycles. The fourth-order valence-electron chi connectivity index (χ4n) is 11.7. The Hall–Kier alpha value is -10.1. The van der Waals surface area contributed by atoms with Crippen molar-refractivity contribution in [1.82, 2.24) is 0 Å². The van der Waals surface area contributed by atoms with E-state index in [0.717, 1.165) is 27.7 Å². The molecule has 4 aliphatic rings. The van der Waals surface area contributed by atoms with Gasteiger partial charge >= 0.3 is 53.7 Å². The number of carbonyl (C=O) groups excluding carboxylic acids is 9. The Bertz CT molecular complexity index is 3790. The van der Waals surface area contributed by atoms with Crippen molar-refractivity contribution in [2.24, 2.45) is 0 Å². The highest BCUT2D eigenvalue weighted by Gasteiger charge is 2.59. The predicted molar refractivity (Wildman–Crippen MR) is 350 cm³/mol. The third-order valence-corrected chi connectivity index (χ3v) is 16.3. The Morgan fingerprint density at radius 1 is 0.373 bits per heavy atom. The summed E-state index contributed by atoms with van der Waals surface area (Å²) in [6, 6.07) is 47.8. The van der Waals surface area contributed by atoms with Crippen LogP contribution < -0.4 is 0 Å². The van der Waals surface area contributed by atoms with Crippen LogP contribution in [-0.2, 0) is 111 Å². The number of hydrogen-bond acceptors (Lipinski definition) is 27. The van der Waals surface area contributed by atoms with Gasteiger partial charge in [0.2, 0.25) is 0 Å². The summed E-state index contributed by atoms with van der Waals surface area (Å²) in [5.74, 6) is -8.27. The fourth-order valence-corrected chi connectivity index (χ4v) is 11.7. The van der Waals surface area contributed by atoms with Gasteiger partial charge in [-0.1, -0.05) is 127 Å². The molecule has 0 spiro atoms. The van der Waals surface area contributed by atoms with Crippen molar-refractivity contribution in [1.29, 1.82) is 0 Å². The average Bonchev–Trinajstić information content (AvgIpc) is 0.770. The second kappa shape index (κ2) is 36.0. The summed E-state index contributed by atoms with van der Waals surface area (Å²) in [5, 5.41) is 0. The van der Waals surface area contributed by atoms with Crippen LogP contribution >= 0.6 is 0 Å². The van der Waals surface area contributed by atoms with E-state index in [1.165, 1.54) is 66.7 Å². The topological polar surface area (TPSA) is 320 Å². The van der Waals surface area contributed by atoms with Gasteiger partial charge in [-0.2, -0.15) is 0 Å². The zero-order valence-corrected chi connectivity index (χ0v) is 56.1. The largest absolute Gasteiger partial charge is 0.463 e. The summed E-state index contributed by atoms with van der Waals surface area (Å²) >= 11 is 0. The van der Waals surface area contributed by atoms with Gasteiger partial charge in [0.1, 0.15) is 37.1 Å². The zero-order chi connectivity index (χ0) is 72.2. The van der Waals surface area contributed by atoms with Crippen molar-refractivity contribution in [3.8, 4) is 0 Å². The Kier molecular flexibility index (Phi) is 26.3. The smallest absolute Gasteiger partial charge is 0.338 e. The van der Waals surface area contributed by atoms with E-state index in [9.17, 15) is 43.2 Å². The van der Waals surface area contributed by atoms with Crippen molar-refractivity contribution in [3.05, 3.63) is 228 Å². The molecular weight excluding hydrogens is 1330 g/mol. The molecule has 10 rings (SSSR count). The minimum absolute atomic E-state index is 0.00289. The van der Waals surface area contributed by atoms with E-state index in [1.54, 1.807) is 128 Å². The molecule has 6 aromatic rings. The van der Waals surface area contributed by atoms with Crippen LogP contribution in [0.25, 0.3) is 0 Å². The Morgan fingerprint density at radius 2 is 0.745 bits per heavy atom. The lowest BCUT2D eigenvalue weighted by molar-refractivity contribution is -0.387. The number of benzene rings is 6. The van der Waals surface area contributed by atoms with Crippen molar-refractivity contribution in [2.45, 2.75) is 152 Å². The third-order valence-electron chi connectivity index (χ3n) is 16.3. The molecule has 0 saturated carbocycles. The standard InChI is InChI=1S/C75H76O27/c1-7-38-85-72-65(102-75-66(93-47(6)79)62(92-46(5)78)58(91-45(4)77)56(96-75)40-86-44(3)76)61(87-39-48-26-14-8-15-27-48)57(43(2)90-72)100-73-64(99-71(84)53-36-24-13-25-37-53)60(55(42-88-73)95-68(81)50-30-18-10-19-31-50)101-74-63(98-70(83)52-34-22-12-23-35-52)59(97-69(82)51-32-20-11-21-33-51)54(41-89-74)94-67(80)49-28-16-9-17-29-49/h7-37,43,54-66,72-75H,1,38-42H2,2-6H3/t43-,54+,55+,56+,57-,58-,59-,60-,61+,62-,63+,64+,65+,66+,72+,73-,74-,75-/m0/s1. The van der Waals surface area contributed by atoms with E-state index in [0.29, 0.717) is 5.56 Å². The van der Waals surface area contributed by atoms with Gasteiger partial charge in [0.05, 0.1) is 60.3 Å². The van der Waals surface area contributed by atoms with E-state index < -0.39 is 184 Å². The SMILES string of the molecule is C=CCO[C@@H]1O[C@@H](C)[C@H](O[C@@H]2OC[C@@H](OC(=O)c3ccccc3)[C@H](O[C@@H]3OC[C@@H](OC(=O)c4ccccc4)[C@H](OC(=O)c4ccccc4)[C@H]3OC(=O)c3ccccc3)[C@H]2OC(=O)c2ccccc2)[C@@H](OCc2ccccc2)[C@H]1O[C@@H]1O[C@H](COC(C)=O)[C@H](OC(C)=O)[C@H](OC(C)=O)[C@H]1OC(C)=O. The van der Waals surface area contributed by atoms with Crippen LogP contribution in [0.3, 0.4) is 0 Å². The number of carbonyl (C=O) groups is 9. The first-order chi connectivity index (χ1) is 49.3. The van der Waals surface area contributed by atoms with E-state index in [1.807, 2.05) is 0 Å². The molecule has 4 fully saturated rings. The molecule has 18 atom stereocenters. The van der Waals surface area contributed by atoms with E-state index in [4.69, 9.17) is 85.3 Å². The molecule has 4 heterocycles. The van der Waals surface area contributed by atoms with Crippen LogP contribution in [0.2, 0.25) is 0 Å². The predicted octanol–water partition coefficient (Wildman–Crippen LogP) is 7.60. The number of rotatable bonds is 27. The lowest BCUT2D eigenvalue weighted by Gasteiger charge is -2.50. The van der Waals surface area contributed by atoms with Crippen LogP contribution in [0.4, 0.5) is 0 Å². The van der Waals surface area contributed by atoms with Crippen LogP contribution in [-0.4, -0.2) is 191 Å². The third kappa shape index (κ3) is 19.7. The molecule has 538 valence electrons. The molecular formula is C75H76O27. The first-order valence-corrected chi connectivity index (χ1v) is 32.7. The van der Waals surface area contributed by atoms with Crippen LogP contribution in [0.5, 0.6) is 0 Å². The van der Waals surface area contributed by atoms with Gasteiger partial charge in [-0.25, -0.2) is 24.0 Å². The Balaban J connectivity index is 1.09. The lowest BCUT2D eigenvalue weighted by atomic mass is 9.96. The van der Waals surface area contributed by atoms with Gasteiger partial charge in [0, 0.05) is 27.7 Å². The van der Waals surface area contributed by atoms with Gasteiger partial charge in [-0.05, 0) is 73.2 Å². The minimum atomic E-state index is -1.93. The van der Waals surface area contributed by atoms with Crippen LogP contribution in [0, 0.1) is 0 Å². The molecule has 27 nitrogen and oxygen atoms in total. The van der Waals surface area contributed by atoms with Gasteiger partial charge in [0.15, 0.2) is 74.0 Å². The molecule has 4 aliphatic heterocycles. The lowest BCUT2D eigenvalue weighted by Crippen LogP contribution is -2.67. The minimum Gasteiger partial charge on any atom is -0.463 e. The van der Waals surface area contributed by atoms with Gasteiger partial charge in [0.25, 0.3) is 0 Å². The molecule has 0 bridgehead atoms. The summed E-state index contributed by atoms with van der Waals surface area (Å²) in [6.07, 6.45) is -28.7. The second-order valence-electron chi connectivity index (χ2n) is 23.7. The molecule has 0 aromatic heterocycles. The molecule has 0 aliphatic carbocycles. The highest BCUT2D eigenvalue weighted by Crippen LogP contribution is 2.39. The maximum Gasteiger partial charge on any atom is 0.338 e. The molecule has 6 aromatic carbocycles. The van der Waals surface area contributed by atoms with E-state index in [-0.39, 0.29) is 41.0 Å². The Morgan fingerprint density at radius 3 is 1.19 bits per heavy atom. The second-order valence-corrected chi connectivity index (χ2v) is 23.7. The zero-order valence-electron chi connectivity index (χ0n) is 56.1. The maximum absolute atomic E-state index is 14.9. The summed E-state index contributed by atoms with van der Waals surface area (Å²) < 4.78 is 115. The van der Waals surface area contributed by atoms with Crippen molar-refractivity contribution in [2.75, 3.05) is 26.4 Å². The number of ether oxygens (including phenoxy) is 18. The molecule has 102 heavy (non-hydrogen) atoms.